The number of benzene rings is 1. The third-order valence-electron chi connectivity index (χ3n) is 3.24. The number of nitrogens with zero attached hydrogens (tertiary/aromatic N) is 1. The fourth-order valence-electron chi connectivity index (χ4n) is 2.18. The Morgan fingerprint density at radius 1 is 1.61 bits per heavy atom. The van der Waals surface area contributed by atoms with E-state index in [1.807, 2.05) is 0 Å². The monoisotopic (exact) mass is 252 g/mol. The molecular formula is C13H17FN2O2. The molecule has 4 nitrogen and oxygen atoms in total. The minimum atomic E-state index is -0.324. The maximum Gasteiger partial charge on any atom is 0.229 e. The number of methoxy groups -OCH3 is 1. The van der Waals surface area contributed by atoms with Crippen LogP contribution in [0, 0.1) is 5.82 Å². The fraction of sp³-hybridized carbons (Fsp3) is 0.462. The lowest BCUT2D eigenvalue weighted by Crippen LogP contribution is -2.35. The summed E-state index contributed by atoms with van der Waals surface area (Å²) in [4.78, 5) is 13.7. The molecule has 0 radical (unpaired) electrons. The molecule has 1 amide bonds. The molecule has 1 aliphatic rings. The van der Waals surface area contributed by atoms with Crippen molar-refractivity contribution < 1.29 is 13.9 Å². The second-order valence-corrected chi connectivity index (χ2v) is 4.37. The van der Waals surface area contributed by atoms with Crippen molar-refractivity contribution in [3.8, 4) is 0 Å². The number of nitrogens with two attached hydrogens (primary N) is 1. The Bertz CT molecular complexity index is 447. The molecule has 0 fully saturated rings. The maximum atomic E-state index is 13.2. The van der Waals surface area contributed by atoms with E-state index < -0.39 is 0 Å². The molecule has 0 aromatic heterocycles. The molecular weight excluding hydrogens is 235 g/mol. The molecule has 98 valence electrons. The van der Waals surface area contributed by atoms with Crippen molar-refractivity contribution in [2.75, 3.05) is 25.1 Å². The number of halogens is 1. The highest BCUT2D eigenvalue weighted by Crippen LogP contribution is 2.29. The number of hydrogen-bond donors (Lipinski definition) is 1. The van der Waals surface area contributed by atoms with Gasteiger partial charge >= 0.3 is 0 Å². The Morgan fingerprint density at radius 2 is 2.39 bits per heavy atom. The molecule has 0 saturated heterocycles. The molecule has 1 unspecified atom stereocenters. The zero-order chi connectivity index (χ0) is 13.1. The van der Waals surface area contributed by atoms with Crippen LogP contribution < -0.4 is 10.6 Å². The van der Waals surface area contributed by atoms with E-state index in [1.54, 1.807) is 11.0 Å². The molecule has 1 heterocycles. The lowest BCUT2D eigenvalue weighted by Gasteiger charge is -2.20. The number of carbonyl (C=O) groups excluding carboxylic acids is 1. The van der Waals surface area contributed by atoms with Crippen molar-refractivity contribution in [2.45, 2.75) is 18.9 Å². The van der Waals surface area contributed by atoms with E-state index in [0.717, 1.165) is 12.0 Å². The number of ether oxygens (including phenoxy) is 1. The van der Waals surface area contributed by atoms with Crippen molar-refractivity contribution in [3.05, 3.63) is 29.6 Å². The van der Waals surface area contributed by atoms with Crippen molar-refractivity contribution in [3.63, 3.8) is 0 Å². The Labute approximate surface area is 106 Å². The standard InChI is InChI=1S/C13H17FN2O2/c1-18-11(8-15)7-13(17)16-5-4-9-2-3-10(14)6-12(9)16/h2-3,6,11H,4-5,7-8,15H2,1H3. The molecule has 1 aromatic carbocycles. The first kappa shape index (κ1) is 13.0. The molecule has 2 rings (SSSR count). The first-order valence-corrected chi connectivity index (χ1v) is 5.97. The quantitative estimate of drug-likeness (QED) is 0.872. The van der Waals surface area contributed by atoms with Gasteiger partial charge in [-0.2, -0.15) is 0 Å². The second kappa shape index (κ2) is 5.46. The van der Waals surface area contributed by atoms with Crippen molar-refractivity contribution in [1.29, 1.82) is 0 Å². The van der Waals surface area contributed by atoms with Gasteiger partial charge in [-0.15, -0.1) is 0 Å². The molecule has 2 N–H and O–H groups in total. The molecule has 1 aromatic rings. The van der Waals surface area contributed by atoms with Crippen LogP contribution in [0.5, 0.6) is 0 Å². The Kier molecular flexibility index (Phi) is 3.93. The van der Waals surface area contributed by atoms with Gasteiger partial charge in [0.2, 0.25) is 5.91 Å². The first-order valence-electron chi connectivity index (χ1n) is 5.97. The third kappa shape index (κ3) is 2.52. The van der Waals surface area contributed by atoms with Crippen LogP contribution in [0.2, 0.25) is 0 Å². The molecule has 0 saturated carbocycles. The molecule has 1 atom stereocenters. The molecule has 18 heavy (non-hydrogen) atoms. The van der Waals surface area contributed by atoms with Gasteiger partial charge in [0.15, 0.2) is 0 Å². The maximum absolute atomic E-state index is 13.2. The zero-order valence-electron chi connectivity index (χ0n) is 10.4. The van der Waals surface area contributed by atoms with Crippen molar-refractivity contribution in [1.82, 2.24) is 0 Å². The summed E-state index contributed by atoms with van der Waals surface area (Å²) in [7, 11) is 1.53. The highest BCUT2D eigenvalue weighted by molar-refractivity contribution is 5.95. The number of rotatable bonds is 4. The van der Waals surface area contributed by atoms with Gasteiger partial charge in [-0.25, -0.2) is 4.39 Å². The summed E-state index contributed by atoms with van der Waals surface area (Å²) in [5, 5.41) is 0. The molecule has 0 spiro atoms. The van der Waals surface area contributed by atoms with E-state index >= 15 is 0 Å². The summed E-state index contributed by atoms with van der Waals surface area (Å²) in [5.41, 5.74) is 7.17. The highest BCUT2D eigenvalue weighted by atomic mass is 19.1. The van der Waals surface area contributed by atoms with E-state index in [9.17, 15) is 9.18 Å². The predicted molar refractivity (Wildman–Crippen MR) is 66.9 cm³/mol. The molecule has 5 heteroatoms. The topological polar surface area (TPSA) is 55.6 Å². The number of amides is 1. The average molecular weight is 252 g/mol. The summed E-state index contributed by atoms with van der Waals surface area (Å²) in [5.74, 6) is -0.396. The largest absolute Gasteiger partial charge is 0.380 e. The van der Waals surface area contributed by atoms with E-state index in [0.29, 0.717) is 18.8 Å². The second-order valence-electron chi connectivity index (χ2n) is 4.37. The SMILES string of the molecule is COC(CN)CC(=O)N1CCc2ccc(F)cc21. The van der Waals surface area contributed by atoms with Gasteiger partial charge in [0.1, 0.15) is 5.82 Å². The molecule has 0 bridgehead atoms. The number of fused-ring (bicyclic) bond motifs is 1. The van der Waals surface area contributed by atoms with Crippen LogP contribution in [-0.2, 0) is 16.0 Å². The molecule has 0 aliphatic carbocycles. The van der Waals surface area contributed by atoms with E-state index in [2.05, 4.69) is 0 Å². The lowest BCUT2D eigenvalue weighted by atomic mass is 10.1. The zero-order valence-corrected chi connectivity index (χ0v) is 10.4. The summed E-state index contributed by atoms with van der Waals surface area (Å²) >= 11 is 0. The minimum Gasteiger partial charge on any atom is -0.380 e. The van der Waals surface area contributed by atoms with Crippen LogP contribution in [0.1, 0.15) is 12.0 Å². The smallest absolute Gasteiger partial charge is 0.229 e. The van der Waals surface area contributed by atoms with Crippen molar-refractivity contribution in [2.24, 2.45) is 5.73 Å². The van der Waals surface area contributed by atoms with Crippen LogP contribution in [0.15, 0.2) is 18.2 Å². The predicted octanol–water partition coefficient (Wildman–Crippen LogP) is 1.08. The summed E-state index contributed by atoms with van der Waals surface area (Å²) in [6, 6.07) is 4.56. The van der Waals surface area contributed by atoms with Gasteiger partial charge in [0, 0.05) is 25.9 Å². The third-order valence-corrected chi connectivity index (χ3v) is 3.24. The van der Waals surface area contributed by atoms with Gasteiger partial charge in [-0.1, -0.05) is 6.07 Å². The van der Waals surface area contributed by atoms with Gasteiger partial charge in [0.25, 0.3) is 0 Å². The summed E-state index contributed by atoms with van der Waals surface area (Å²) < 4.78 is 18.3. The summed E-state index contributed by atoms with van der Waals surface area (Å²) in [6.45, 7) is 0.894. The number of anilines is 1. The van der Waals surface area contributed by atoms with Gasteiger partial charge < -0.3 is 15.4 Å². The Balaban J connectivity index is 2.13. The van der Waals surface area contributed by atoms with E-state index in [4.69, 9.17) is 10.5 Å². The van der Waals surface area contributed by atoms with E-state index in [1.165, 1.54) is 19.2 Å². The number of carbonyl (C=O) groups is 1. The highest BCUT2D eigenvalue weighted by Gasteiger charge is 2.26. The average Bonchev–Trinajstić information content (AvgIpc) is 2.78. The fourth-order valence-corrected chi connectivity index (χ4v) is 2.18. The summed E-state index contributed by atoms with van der Waals surface area (Å²) in [6.07, 6.45) is 0.708. The van der Waals surface area contributed by atoms with Crippen molar-refractivity contribution >= 4 is 11.6 Å². The minimum absolute atomic E-state index is 0.0725. The molecule has 1 aliphatic heterocycles. The first-order chi connectivity index (χ1) is 8.65. The lowest BCUT2D eigenvalue weighted by molar-refractivity contribution is -0.120. The normalized spacial score (nSPS) is 15.6. The Morgan fingerprint density at radius 3 is 3.06 bits per heavy atom. The van der Waals surface area contributed by atoms with Gasteiger partial charge in [0.05, 0.1) is 12.5 Å². The van der Waals surface area contributed by atoms with Crippen LogP contribution in [0.4, 0.5) is 10.1 Å². The van der Waals surface area contributed by atoms with Crippen LogP contribution in [0.3, 0.4) is 0 Å². The van der Waals surface area contributed by atoms with E-state index in [-0.39, 0.29) is 24.2 Å². The number of hydrogen-bond acceptors (Lipinski definition) is 3. The van der Waals surface area contributed by atoms with Crippen LogP contribution >= 0.6 is 0 Å². The van der Waals surface area contributed by atoms with Crippen LogP contribution in [0.25, 0.3) is 0 Å². The van der Waals surface area contributed by atoms with Gasteiger partial charge in [-0.05, 0) is 24.1 Å². The van der Waals surface area contributed by atoms with Crippen LogP contribution in [-0.4, -0.2) is 32.2 Å². The Hall–Kier alpha value is -1.46. The van der Waals surface area contributed by atoms with Gasteiger partial charge in [-0.3, -0.25) is 4.79 Å².